The smallest absolute Gasteiger partial charge is 0.254 e. The van der Waals surface area contributed by atoms with E-state index in [0.29, 0.717) is 31.9 Å². The molecule has 0 atom stereocenters. The SMILES string of the molecule is CCOc1cc2c(cc1OCC)CN(C(=O)c1cccc(Br)c1)CC2. The average Bonchev–Trinajstić information content (AvgIpc) is 2.61. The Morgan fingerprint density at radius 2 is 1.76 bits per heavy atom. The van der Waals surface area contributed by atoms with E-state index in [0.717, 1.165) is 28.0 Å². The molecule has 0 aromatic heterocycles. The molecule has 0 saturated carbocycles. The van der Waals surface area contributed by atoms with Gasteiger partial charge >= 0.3 is 0 Å². The van der Waals surface area contributed by atoms with Crippen molar-refractivity contribution in [3.63, 3.8) is 0 Å². The molecule has 4 nitrogen and oxygen atoms in total. The predicted octanol–water partition coefficient (Wildman–Crippen LogP) is 4.45. The monoisotopic (exact) mass is 403 g/mol. The Hall–Kier alpha value is -2.01. The zero-order valence-electron chi connectivity index (χ0n) is 14.5. The molecule has 0 spiro atoms. The van der Waals surface area contributed by atoms with Gasteiger partial charge in [-0.25, -0.2) is 0 Å². The molecule has 0 aliphatic carbocycles. The first-order chi connectivity index (χ1) is 12.1. The summed E-state index contributed by atoms with van der Waals surface area (Å²) in [6, 6.07) is 11.6. The summed E-state index contributed by atoms with van der Waals surface area (Å²) in [5.41, 5.74) is 3.06. The zero-order chi connectivity index (χ0) is 17.8. The molecule has 1 aliphatic rings. The van der Waals surface area contributed by atoms with Gasteiger partial charge in [0.25, 0.3) is 5.91 Å². The molecule has 1 amide bonds. The normalized spacial score (nSPS) is 13.3. The molecule has 2 aromatic carbocycles. The maximum absolute atomic E-state index is 12.8. The lowest BCUT2D eigenvalue weighted by Crippen LogP contribution is -2.36. The van der Waals surface area contributed by atoms with Crippen molar-refractivity contribution in [2.75, 3.05) is 19.8 Å². The molecule has 0 unspecified atom stereocenters. The molecule has 0 N–H and O–H groups in total. The van der Waals surface area contributed by atoms with Gasteiger partial charge in [-0.1, -0.05) is 22.0 Å². The number of nitrogens with zero attached hydrogens (tertiary/aromatic N) is 1. The van der Waals surface area contributed by atoms with Crippen LogP contribution in [0.25, 0.3) is 0 Å². The maximum Gasteiger partial charge on any atom is 0.254 e. The Labute approximate surface area is 156 Å². The third-order valence-corrected chi connectivity index (χ3v) is 4.73. The van der Waals surface area contributed by atoms with Gasteiger partial charge in [-0.15, -0.1) is 0 Å². The minimum Gasteiger partial charge on any atom is -0.490 e. The molecule has 0 fully saturated rings. The molecule has 5 heteroatoms. The van der Waals surface area contributed by atoms with Gasteiger partial charge in [0, 0.05) is 23.1 Å². The maximum atomic E-state index is 12.8. The summed E-state index contributed by atoms with van der Waals surface area (Å²) in [7, 11) is 0. The summed E-state index contributed by atoms with van der Waals surface area (Å²) in [5.74, 6) is 1.59. The number of carbonyl (C=O) groups is 1. The first kappa shape index (κ1) is 17.8. The van der Waals surface area contributed by atoms with Crippen molar-refractivity contribution in [3.8, 4) is 11.5 Å². The van der Waals surface area contributed by atoms with Crippen LogP contribution in [0.3, 0.4) is 0 Å². The summed E-state index contributed by atoms with van der Waals surface area (Å²) in [5, 5.41) is 0. The van der Waals surface area contributed by atoms with Crippen LogP contribution in [0.1, 0.15) is 35.3 Å². The van der Waals surface area contributed by atoms with E-state index in [4.69, 9.17) is 9.47 Å². The average molecular weight is 404 g/mol. The van der Waals surface area contributed by atoms with Crippen LogP contribution in [0.5, 0.6) is 11.5 Å². The Bertz CT molecular complexity index is 776. The molecule has 1 aliphatic heterocycles. The highest BCUT2D eigenvalue weighted by atomic mass is 79.9. The van der Waals surface area contributed by atoms with Crippen LogP contribution in [0.4, 0.5) is 0 Å². The van der Waals surface area contributed by atoms with Crippen LogP contribution in [0.2, 0.25) is 0 Å². The second-order valence-corrected chi connectivity index (χ2v) is 6.84. The number of carbonyl (C=O) groups excluding carboxylic acids is 1. The zero-order valence-corrected chi connectivity index (χ0v) is 16.1. The van der Waals surface area contributed by atoms with Gasteiger partial charge < -0.3 is 14.4 Å². The van der Waals surface area contributed by atoms with E-state index < -0.39 is 0 Å². The number of hydrogen-bond donors (Lipinski definition) is 0. The summed E-state index contributed by atoms with van der Waals surface area (Å²) in [6.45, 7) is 6.41. The lowest BCUT2D eigenvalue weighted by molar-refractivity contribution is 0.0734. The van der Waals surface area contributed by atoms with E-state index in [9.17, 15) is 4.79 Å². The lowest BCUT2D eigenvalue weighted by atomic mass is 9.98. The van der Waals surface area contributed by atoms with E-state index in [-0.39, 0.29) is 5.91 Å². The molecule has 2 aromatic rings. The van der Waals surface area contributed by atoms with Gasteiger partial charge in [0.05, 0.1) is 13.2 Å². The number of fused-ring (bicyclic) bond motifs is 1. The Morgan fingerprint density at radius 3 is 2.40 bits per heavy atom. The van der Waals surface area contributed by atoms with Gasteiger partial charge in [-0.3, -0.25) is 4.79 Å². The highest BCUT2D eigenvalue weighted by Crippen LogP contribution is 2.34. The predicted molar refractivity (Wildman–Crippen MR) is 101 cm³/mol. The van der Waals surface area contributed by atoms with Crippen LogP contribution in [0, 0.1) is 0 Å². The van der Waals surface area contributed by atoms with Crippen molar-refractivity contribution >= 4 is 21.8 Å². The molecular formula is C20H22BrNO3. The van der Waals surface area contributed by atoms with Crippen molar-refractivity contribution < 1.29 is 14.3 Å². The highest BCUT2D eigenvalue weighted by molar-refractivity contribution is 9.10. The van der Waals surface area contributed by atoms with E-state index in [2.05, 4.69) is 22.0 Å². The third-order valence-electron chi connectivity index (χ3n) is 4.24. The molecule has 1 heterocycles. The van der Waals surface area contributed by atoms with Crippen molar-refractivity contribution in [3.05, 3.63) is 57.6 Å². The number of rotatable bonds is 5. The molecule has 132 valence electrons. The minimum atomic E-state index is 0.0544. The van der Waals surface area contributed by atoms with Gasteiger partial charge in [-0.05, 0) is 61.7 Å². The van der Waals surface area contributed by atoms with E-state index in [1.165, 1.54) is 5.56 Å². The Morgan fingerprint density at radius 1 is 1.08 bits per heavy atom. The van der Waals surface area contributed by atoms with Crippen LogP contribution < -0.4 is 9.47 Å². The molecular weight excluding hydrogens is 382 g/mol. The molecule has 25 heavy (non-hydrogen) atoms. The fourth-order valence-electron chi connectivity index (χ4n) is 3.08. The number of ether oxygens (including phenoxy) is 2. The summed E-state index contributed by atoms with van der Waals surface area (Å²) >= 11 is 3.43. The second kappa shape index (κ2) is 7.91. The topological polar surface area (TPSA) is 38.8 Å². The number of hydrogen-bond acceptors (Lipinski definition) is 3. The largest absolute Gasteiger partial charge is 0.490 e. The van der Waals surface area contributed by atoms with E-state index >= 15 is 0 Å². The fourth-order valence-corrected chi connectivity index (χ4v) is 3.48. The minimum absolute atomic E-state index is 0.0544. The van der Waals surface area contributed by atoms with Crippen LogP contribution >= 0.6 is 15.9 Å². The summed E-state index contributed by atoms with van der Waals surface area (Å²) in [6.07, 6.45) is 0.821. The first-order valence-electron chi connectivity index (χ1n) is 8.58. The van der Waals surface area contributed by atoms with Crippen LogP contribution in [0.15, 0.2) is 40.9 Å². The molecule has 0 radical (unpaired) electrons. The lowest BCUT2D eigenvalue weighted by Gasteiger charge is -2.30. The van der Waals surface area contributed by atoms with Gasteiger partial charge in [-0.2, -0.15) is 0 Å². The molecule has 0 bridgehead atoms. The summed E-state index contributed by atoms with van der Waals surface area (Å²) in [4.78, 5) is 14.7. The molecule has 3 rings (SSSR count). The van der Waals surface area contributed by atoms with Crippen molar-refractivity contribution in [2.24, 2.45) is 0 Å². The van der Waals surface area contributed by atoms with Gasteiger partial charge in [0.1, 0.15) is 0 Å². The Balaban J connectivity index is 1.85. The molecule has 0 saturated heterocycles. The van der Waals surface area contributed by atoms with Gasteiger partial charge in [0.2, 0.25) is 0 Å². The summed E-state index contributed by atoms with van der Waals surface area (Å²) < 4.78 is 12.3. The van der Waals surface area contributed by atoms with Crippen molar-refractivity contribution in [2.45, 2.75) is 26.8 Å². The quantitative estimate of drug-likeness (QED) is 0.740. The number of benzene rings is 2. The number of amides is 1. The van der Waals surface area contributed by atoms with E-state index in [1.807, 2.05) is 49.1 Å². The van der Waals surface area contributed by atoms with E-state index in [1.54, 1.807) is 0 Å². The fraction of sp³-hybridized carbons (Fsp3) is 0.350. The van der Waals surface area contributed by atoms with Crippen LogP contribution in [-0.4, -0.2) is 30.6 Å². The van der Waals surface area contributed by atoms with Crippen molar-refractivity contribution in [1.29, 1.82) is 0 Å². The van der Waals surface area contributed by atoms with Crippen molar-refractivity contribution in [1.82, 2.24) is 4.90 Å². The van der Waals surface area contributed by atoms with Crippen LogP contribution in [-0.2, 0) is 13.0 Å². The standard InChI is InChI=1S/C20H22BrNO3/c1-3-24-18-11-14-8-9-22(13-16(14)12-19(18)25-4-2)20(23)15-6-5-7-17(21)10-15/h5-7,10-12H,3-4,8-9,13H2,1-2H3. The second-order valence-electron chi connectivity index (χ2n) is 5.92. The first-order valence-corrected chi connectivity index (χ1v) is 9.38. The highest BCUT2D eigenvalue weighted by Gasteiger charge is 2.24. The third kappa shape index (κ3) is 3.98. The number of halogens is 1. The Kier molecular flexibility index (Phi) is 5.63. The van der Waals surface area contributed by atoms with Gasteiger partial charge in [0.15, 0.2) is 11.5 Å².